The Morgan fingerprint density at radius 3 is 1.62 bits per heavy atom. The van der Waals surface area contributed by atoms with Gasteiger partial charge in [-0.2, -0.15) is 0 Å². The van der Waals surface area contributed by atoms with Crippen LogP contribution in [-0.4, -0.2) is 79.1 Å². The summed E-state index contributed by atoms with van der Waals surface area (Å²) in [6.07, 6.45) is 3.89. The molecule has 0 fully saturated rings. The lowest BCUT2D eigenvalue weighted by Crippen LogP contribution is -2.20. The SMILES string of the molecule is CCCCC(CC)C(=O)OCCOCCOCCOCCOCCOC. The van der Waals surface area contributed by atoms with E-state index in [4.69, 9.17) is 28.4 Å². The first kappa shape index (κ1) is 25.3. The molecular weight excluding hydrogens is 340 g/mol. The molecule has 7 nitrogen and oxygen atoms in total. The third kappa shape index (κ3) is 16.7. The fourth-order valence-electron chi connectivity index (χ4n) is 2.16. The highest BCUT2D eigenvalue weighted by Gasteiger charge is 2.16. The van der Waals surface area contributed by atoms with Crippen LogP contribution in [0.15, 0.2) is 0 Å². The highest BCUT2D eigenvalue weighted by molar-refractivity contribution is 5.72. The van der Waals surface area contributed by atoms with Gasteiger partial charge in [-0.3, -0.25) is 4.79 Å². The predicted octanol–water partition coefficient (Wildman–Crippen LogP) is 2.46. The van der Waals surface area contributed by atoms with Crippen LogP contribution in [0.5, 0.6) is 0 Å². The van der Waals surface area contributed by atoms with Gasteiger partial charge >= 0.3 is 5.97 Å². The van der Waals surface area contributed by atoms with Crippen molar-refractivity contribution in [1.29, 1.82) is 0 Å². The van der Waals surface area contributed by atoms with E-state index in [2.05, 4.69) is 6.92 Å². The molecular formula is C19H38O7. The summed E-state index contributed by atoms with van der Waals surface area (Å²) < 4.78 is 31.5. The van der Waals surface area contributed by atoms with Crippen molar-refractivity contribution in [2.75, 3.05) is 73.2 Å². The molecule has 0 amide bonds. The van der Waals surface area contributed by atoms with Gasteiger partial charge in [0.05, 0.1) is 65.4 Å². The zero-order valence-electron chi connectivity index (χ0n) is 16.8. The third-order valence-electron chi connectivity index (χ3n) is 3.75. The minimum absolute atomic E-state index is 0.0173. The van der Waals surface area contributed by atoms with Crippen molar-refractivity contribution in [2.45, 2.75) is 39.5 Å². The van der Waals surface area contributed by atoms with Crippen molar-refractivity contribution in [2.24, 2.45) is 5.92 Å². The number of hydrogen-bond donors (Lipinski definition) is 0. The average molecular weight is 379 g/mol. The Bertz CT molecular complexity index is 300. The normalized spacial score (nSPS) is 12.3. The van der Waals surface area contributed by atoms with Crippen molar-refractivity contribution in [3.8, 4) is 0 Å². The molecule has 0 aliphatic heterocycles. The molecule has 0 aliphatic rings. The summed E-state index contributed by atoms with van der Waals surface area (Å²) in [4.78, 5) is 11.9. The van der Waals surface area contributed by atoms with Crippen LogP contribution < -0.4 is 0 Å². The number of carbonyl (C=O) groups is 1. The summed E-state index contributed by atoms with van der Waals surface area (Å²) in [5, 5.41) is 0. The van der Waals surface area contributed by atoms with Crippen LogP contribution in [-0.2, 0) is 33.2 Å². The number of esters is 1. The standard InChI is InChI=1S/C19H38O7/c1-4-6-7-18(5-2)19(20)26-17-16-25-15-14-24-13-12-23-11-10-22-9-8-21-3/h18H,4-17H2,1-3H3. The summed E-state index contributed by atoms with van der Waals surface area (Å²) in [5.41, 5.74) is 0. The van der Waals surface area contributed by atoms with Crippen LogP contribution in [0.4, 0.5) is 0 Å². The van der Waals surface area contributed by atoms with Crippen molar-refractivity contribution >= 4 is 5.97 Å². The second-order valence-electron chi connectivity index (χ2n) is 5.86. The Balaban J connectivity index is 3.27. The first-order chi connectivity index (χ1) is 12.8. The Morgan fingerprint density at radius 2 is 1.19 bits per heavy atom. The van der Waals surface area contributed by atoms with Gasteiger partial charge in [-0.25, -0.2) is 0 Å². The van der Waals surface area contributed by atoms with Crippen LogP contribution in [0.2, 0.25) is 0 Å². The van der Waals surface area contributed by atoms with E-state index in [0.717, 1.165) is 25.7 Å². The first-order valence-corrected chi connectivity index (χ1v) is 9.72. The van der Waals surface area contributed by atoms with Crippen LogP contribution >= 0.6 is 0 Å². The molecule has 1 atom stereocenters. The highest BCUT2D eigenvalue weighted by Crippen LogP contribution is 2.14. The zero-order chi connectivity index (χ0) is 19.3. The monoisotopic (exact) mass is 378 g/mol. The van der Waals surface area contributed by atoms with Crippen molar-refractivity contribution < 1.29 is 33.2 Å². The number of rotatable bonds is 20. The molecule has 0 saturated heterocycles. The summed E-state index contributed by atoms with van der Waals surface area (Å²) in [7, 11) is 1.64. The molecule has 7 heteroatoms. The van der Waals surface area contributed by atoms with E-state index in [1.54, 1.807) is 7.11 Å². The van der Waals surface area contributed by atoms with Crippen LogP contribution in [0, 0.1) is 5.92 Å². The maximum Gasteiger partial charge on any atom is 0.308 e. The lowest BCUT2D eigenvalue weighted by molar-refractivity contribution is -0.150. The van der Waals surface area contributed by atoms with E-state index in [1.165, 1.54) is 0 Å². The van der Waals surface area contributed by atoms with E-state index >= 15 is 0 Å². The largest absolute Gasteiger partial charge is 0.463 e. The van der Waals surface area contributed by atoms with Gasteiger partial charge in [0.15, 0.2) is 0 Å². The molecule has 0 spiro atoms. The number of ether oxygens (including phenoxy) is 6. The van der Waals surface area contributed by atoms with Crippen molar-refractivity contribution in [1.82, 2.24) is 0 Å². The molecule has 156 valence electrons. The smallest absolute Gasteiger partial charge is 0.308 e. The summed E-state index contributed by atoms with van der Waals surface area (Å²) in [6.45, 7) is 9.15. The minimum Gasteiger partial charge on any atom is -0.463 e. The zero-order valence-corrected chi connectivity index (χ0v) is 16.8. The van der Waals surface area contributed by atoms with Gasteiger partial charge < -0.3 is 28.4 Å². The lowest BCUT2D eigenvalue weighted by Gasteiger charge is -2.13. The molecule has 1 unspecified atom stereocenters. The number of unbranched alkanes of at least 4 members (excludes halogenated alkanes) is 1. The van der Waals surface area contributed by atoms with Crippen molar-refractivity contribution in [3.05, 3.63) is 0 Å². The van der Waals surface area contributed by atoms with Gasteiger partial charge in [-0.1, -0.05) is 26.7 Å². The van der Waals surface area contributed by atoms with E-state index in [1.807, 2.05) is 6.92 Å². The minimum atomic E-state index is -0.107. The van der Waals surface area contributed by atoms with E-state index < -0.39 is 0 Å². The molecule has 0 aromatic rings. The molecule has 0 bridgehead atoms. The Kier molecular flexibility index (Phi) is 20.0. The second-order valence-corrected chi connectivity index (χ2v) is 5.86. The molecule has 0 heterocycles. The second kappa shape index (κ2) is 20.6. The average Bonchev–Trinajstić information content (AvgIpc) is 2.65. The van der Waals surface area contributed by atoms with Gasteiger partial charge in [0.1, 0.15) is 6.61 Å². The first-order valence-electron chi connectivity index (χ1n) is 9.72. The Hall–Kier alpha value is -0.730. The number of carbonyl (C=O) groups excluding carboxylic acids is 1. The predicted molar refractivity (Wildman–Crippen MR) is 99.4 cm³/mol. The summed E-state index contributed by atoms with van der Waals surface area (Å²) in [6, 6.07) is 0. The molecule has 26 heavy (non-hydrogen) atoms. The number of methoxy groups -OCH3 is 1. The molecule has 0 N–H and O–H groups in total. The maximum absolute atomic E-state index is 11.9. The van der Waals surface area contributed by atoms with Gasteiger partial charge in [0.2, 0.25) is 0 Å². The van der Waals surface area contributed by atoms with Gasteiger partial charge in [0.25, 0.3) is 0 Å². The summed E-state index contributed by atoms with van der Waals surface area (Å²) >= 11 is 0. The fourth-order valence-corrected chi connectivity index (χ4v) is 2.16. The molecule has 0 radical (unpaired) electrons. The third-order valence-corrected chi connectivity index (χ3v) is 3.75. The Morgan fingerprint density at radius 1 is 0.731 bits per heavy atom. The van der Waals surface area contributed by atoms with Crippen LogP contribution in [0.25, 0.3) is 0 Å². The summed E-state index contributed by atoms with van der Waals surface area (Å²) in [5.74, 6) is -0.0900. The van der Waals surface area contributed by atoms with Gasteiger partial charge in [-0.05, 0) is 12.8 Å². The Labute approximate surface area is 158 Å². The molecule has 0 aromatic carbocycles. The molecule has 0 saturated carbocycles. The molecule has 0 rings (SSSR count). The quantitative estimate of drug-likeness (QED) is 0.238. The van der Waals surface area contributed by atoms with Crippen LogP contribution in [0.3, 0.4) is 0 Å². The fraction of sp³-hybridized carbons (Fsp3) is 0.947. The number of hydrogen-bond acceptors (Lipinski definition) is 7. The van der Waals surface area contributed by atoms with Crippen molar-refractivity contribution in [3.63, 3.8) is 0 Å². The molecule has 0 aromatic heterocycles. The van der Waals surface area contributed by atoms with E-state index in [0.29, 0.717) is 66.1 Å². The molecule has 0 aliphatic carbocycles. The van der Waals surface area contributed by atoms with Crippen LogP contribution in [0.1, 0.15) is 39.5 Å². The van der Waals surface area contributed by atoms with E-state index in [9.17, 15) is 4.79 Å². The topological polar surface area (TPSA) is 72.5 Å². The van der Waals surface area contributed by atoms with Gasteiger partial charge in [0, 0.05) is 7.11 Å². The lowest BCUT2D eigenvalue weighted by atomic mass is 10.00. The highest BCUT2D eigenvalue weighted by atomic mass is 16.6. The van der Waals surface area contributed by atoms with Gasteiger partial charge in [-0.15, -0.1) is 0 Å². The van der Waals surface area contributed by atoms with E-state index in [-0.39, 0.29) is 11.9 Å². The maximum atomic E-state index is 11.9.